The molecule has 0 aliphatic heterocycles. The van der Waals surface area contributed by atoms with E-state index in [4.69, 9.17) is 13.3 Å². The quantitative estimate of drug-likeness (QED) is 0.801. The van der Waals surface area contributed by atoms with E-state index in [9.17, 15) is 9.59 Å². The molecular weight excluding hydrogens is 336 g/mol. The molecule has 2 aromatic rings. The maximum Gasteiger partial charge on any atom is 0.335 e. The van der Waals surface area contributed by atoms with Crippen molar-refractivity contribution in [3.05, 3.63) is 76.4 Å². The summed E-state index contributed by atoms with van der Waals surface area (Å²) in [5.74, 6) is -1.90. The van der Waals surface area contributed by atoms with E-state index in [-0.39, 0.29) is 17.5 Å². The molecule has 0 spiro atoms. The van der Waals surface area contributed by atoms with Gasteiger partial charge >= 0.3 is 5.97 Å². The van der Waals surface area contributed by atoms with E-state index in [0.717, 1.165) is 5.56 Å². The second-order valence-electron chi connectivity index (χ2n) is 7.81. The first kappa shape index (κ1) is 12.7. The number of carbonyl (C=O) groups excluding carboxylic acids is 1. The molecule has 0 unspecified atom stereocenters. The van der Waals surface area contributed by atoms with Crippen LogP contribution in [0.25, 0.3) is 5.57 Å². The van der Waals surface area contributed by atoms with Crippen molar-refractivity contribution in [3.63, 3.8) is 0 Å². The van der Waals surface area contributed by atoms with E-state index in [1.807, 2.05) is 6.92 Å². The largest absolute Gasteiger partial charge is 0.478 e. The number of carboxylic acid groups (broad SMARTS) is 1. The van der Waals surface area contributed by atoms with Gasteiger partial charge in [0.25, 0.3) is 0 Å². The molecule has 3 heteroatoms. The van der Waals surface area contributed by atoms with Crippen LogP contribution in [-0.2, 0) is 15.6 Å². The Bertz CT molecular complexity index is 1140. The van der Waals surface area contributed by atoms with Gasteiger partial charge in [0.15, 0.2) is 0 Å². The highest BCUT2D eigenvalue weighted by Gasteiger charge is 2.43. The molecule has 1 N–H and O–H groups in total. The molecule has 1 aliphatic rings. The third kappa shape index (κ3) is 3.12. The van der Waals surface area contributed by atoms with E-state index in [0.29, 0.717) is 22.3 Å². The monoisotopic (exact) mass is 368 g/mol. The maximum atomic E-state index is 13.3. The van der Waals surface area contributed by atoms with Crippen molar-refractivity contribution in [1.29, 1.82) is 0 Å². The Hall–Kier alpha value is -2.68. The highest BCUT2D eigenvalue weighted by Crippen LogP contribution is 2.45. The maximum absolute atomic E-state index is 13.3. The number of aromatic carboxylic acids is 1. The van der Waals surface area contributed by atoms with Gasteiger partial charge in [-0.2, -0.15) is 0 Å². The summed E-state index contributed by atoms with van der Waals surface area (Å²) in [5, 5.41) is 9.13. The predicted molar refractivity (Wildman–Crippen MR) is 108 cm³/mol. The molecule has 2 aromatic carbocycles. The number of fused-ring (bicyclic) bond motifs is 1. The predicted octanol–water partition coefficient (Wildman–Crippen LogP) is 5.28. The molecule has 0 amide bonds. The first-order chi connectivity index (χ1) is 14.9. The van der Waals surface area contributed by atoms with Gasteiger partial charge in [0.05, 0.1) is 5.56 Å². The van der Waals surface area contributed by atoms with E-state index >= 15 is 0 Å². The molecule has 1 aliphatic carbocycles. The first-order valence-electron chi connectivity index (χ1n) is 11.7. The number of Topliss-reactive ketones (excluding diaryl/α,β-unsaturated/α-hetero) is 1. The Kier molecular flexibility index (Phi) is 2.90. The van der Waals surface area contributed by atoms with Crippen LogP contribution in [0.2, 0.25) is 0 Å². The molecule has 3 nitrogen and oxygen atoms in total. The lowest BCUT2D eigenvalue weighted by Crippen LogP contribution is -2.42. The Balaban J connectivity index is 2.33. The van der Waals surface area contributed by atoms with Crippen LogP contribution in [0.1, 0.15) is 80.4 Å². The average Bonchev–Trinajstić information content (AvgIpc) is 2.65. The van der Waals surface area contributed by atoms with Crippen molar-refractivity contribution in [2.75, 3.05) is 0 Å². The highest BCUT2D eigenvalue weighted by molar-refractivity contribution is 5.94. The summed E-state index contributed by atoms with van der Waals surface area (Å²) in [7, 11) is 0. The van der Waals surface area contributed by atoms with Gasteiger partial charge in [-0.1, -0.05) is 38.6 Å². The first-order valence-corrected chi connectivity index (χ1v) is 8.67. The van der Waals surface area contributed by atoms with Gasteiger partial charge in [0, 0.05) is 20.1 Å². The van der Waals surface area contributed by atoms with E-state index in [1.165, 1.54) is 18.2 Å². The van der Waals surface area contributed by atoms with Crippen LogP contribution in [0.5, 0.6) is 0 Å². The zero-order chi connectivity index (χ0) is 25.1. The lowest BCUT2D eigenvalue weighted by molar-refractivity contribution is -0.125. The Morgan fingerprint density at radius 3 is 2.26 bits per heavy atom. The van der Waals surface area contributed by atoms with Crippen LogP contribution < -0.4 is 0 Å². The smallest absolute Gasteiger partial charge is 0.335 e. The van der Waals surface area contributed by atoms with Gasteiger partial charge in [-0.25, -0.2) is 4.79 Å². The summed E-state index contributed by atoms with van der Waals surface area (Å²) in [5.41, 5.74) is -0.498. The van der Waals surface area contributed by atoms with Crippen LogP contribution in [0, 0.1) is 6.92 Å². The molecule has 27 heavy (non-hydrogen) atoms. The number of carbonyl (C=O) groups is 2. The van der Waals surface area contributed by atoms with Crippen LogP contribution >= 0.6 is 0 Å². The number of ketones is 1. The fraction of sp³-hybridized carbons (Fsp3) is 0.333. The number of benzene rings is 2. The summed E-state index contributed by atoms with van der Waals surface area (Å²) >= 11 is 0. The van der Waals surface area contributed by atoms with E-state index < -0.39 is 36.3 Å². The van der Waals surface area contributed by atoms with Crippen molar-refractivity contribution >= 4 is 17.3 Å². The summed E-state index contributed by atoms with van der Waals surface area (Å²) in [6.45, 7) is 3.30. The van der Waals surface area contributed by atoms with E-state index in [1.54, 1.807) is 32.0 Å². The Morgan fingerprint density at radius 2 is 1.70 bits per heavy atom. The van der Waals surface area contributed by atoms with Crippen molar-refractivity contribution < 1.29 is 22.9 Å². The lowest BCUT2D eigenvalue weighted by Gasteiger charge is -2.41. The molecule has 0 aromatic heterocycles. The highest BCUT2D eigenvalue weighted by atomic mass is 16.4. The van der Waals surface area contributed by atoms with Gasteiger partial charge in [-0.05, 0) is 77.6 Å². The minimum atomic E-state index is -3.10. The van der Waals surface area contributed by atoms with Crippen molar-refractivity contribution in [2.45, 2.75) is 51.7 Å². The van der Waals surface area contributed by atoms with Crippen LogP contribution in [0.4, 0.5) is 0 Å². The van der Waals surface area contributed by atoms with Gasteiger partial charge in [0.1, 0.15) is 5.78 Å². The molecule has 140 valence electrons. The van der Waals surface area contributed by atoms with Crippen molar-refractivity contribution in [3.8, 4) is 0 Å². The van der Waals surface area contributed by atoms with Gasteiger partial charge in [-0.3, -0.25) is 4.79 Å². The standard InChI is InChI=1S/C24H26O3/c1-14-11-19-20(24(5,6)21(25)13-23(19,3)4)12-18(14)15(2)16-7-9-17(10-8-16)22(26)27/h7-12H,2,13H2,1,3-6H3,(H,26,27)/i5D3,6D3. The van der Waals surface area contributed by atoms with Gasteiger partial charge < -0.3 is 5.11 Å². The number of aryl methyl sites for hydroxylation is 1. The Morgan fingerprint density at radius 1 is 1.11 bits per heavy atom. The van der Waals surface area contributed by atoms with Crippen LogP contribution in [0.15, 0.2) is 43.0 Å². The lowest BCUT2D eigenvalue weighted by atomic mass is 9.61. The molecule has 0 heterocycles. The third-order valence-electron chi connectivity index (χ3n) is 5.32. The fourth-order valence-corrected chi connectivity index (χ4v) is 3.65. The van der Waals surface area contributed by atoms with Gasteiger partial charge in [-0.15, -0.1) is 0 Å². The molecule has 0 bridgehead atoms. The molecule has 0 saturated carbocycles. The number of rotatable bonds is 3. The van der Waals surface area contributed by atoms with Crippen molar-refractivity contribution in [1.82, 2.24) is 0 Å². The third-order valence-corrected chi connectivity index (χ3v) is 5.32. The van der Waals surface area contributed by atoms with Crippen molar-refractivity contribution in [2.24, 2.45) is 0 Å². The molecule has 0 atom stereocenters. The average molecular weight is 369 g/mol. The SMILES string of the molecule is [2H]C([2H])([2H])C1(C([2H])([2H])[2H])C(=O)CC(C)(C)c2cc(C)c(C(=C)c3ccc(C(=O)O)cc3)cc21. The molecular formula is C24H26O3. The molecule has 0 saturated heterocycles. The molecule has 0 radical (unpaired) electrons. The minimum absolute atomic E-state index is 0.0207. The number of hydrogen-bond acceptors (Lipinski definition) is 2. The van der Waals surface area contributed by atoms with Crippen LogP contribution in [0.3, 0.4) is 0 Å². The number of carboxylic acids is 1. The zero-order valence-electron chi connectivity index (χ0n) is 21.6. The number of hydrogen-bond donors (Lipinski definition) is 1. The minimum Gasteiger partial charge on any atom is -0.478 e. The second kappa shape index (κ2) is 6.19. The topological polar surface area (TPSA) is 54.4 Å². The fourth-order valence-electron chi connectivity index (χ4n) is 3.65. The summed E-state index contributed by atoms with van der Waals surface area (Å²) < 4.78 is 48.9. The summed E-state index contributed by atoms with van der Waals surface area (Å²) in [4.78, 5) is 24.5. The Labute approximate surface area is 169 Å². The zero-order valence-corrected chi connectivity index (χ0v) is 15.6. The second-order valence-corrected chi connectivity index (χ2v) is 7.81. The van der Waals surface area contributed by atoms with E-state index in [2.05, 4.69) is 6.58 Å². The molecule has 3 rings (SSSR count). The molecule has 0 fully saturated rings. The normalized spacial score (nSPS) is 21.5. The summed E-state index contributed by atoms with van der Waals surface area (Å²) in [6, 6.07) is 9.26. The van der Waals surface area contributed by atoms with Crippen LogP contribution in [-0.4, -0.2) is 16.9 Å². The summed E-state index contributed by atoms with van der Waals surface area (Å²) in [6.07, 6.45) is -0.201. The van der Waals surface area contributed by atoms with Gasteiger partial charge in [0.2, 0.25) is 0 Å².